The van der Waals surface area contributed by atoms with Gasteiger partial charge in [-0.3, -0.25) is 4.79 Å². The maximum Gasteiger partial charge on any atom is 0.261 e. The molecule has 20 heavy (non-hydrogen) atoms. The predicted octanol–water partition coefficient (Wildman–Crippen LogP) is 3.94. The van der Waals surface area contributed by atoms with Crippen molar-refractivity contribution < 1.29 is 9.90 Å². The van der Waals surface area contributed by atoms with E-state index >= 15 is 0 Å². The standard InChI is InChI=1S/C16H16ClNO2/c1-10-4-7-14(11(2)8-10)18(3)16(20)13-6-5-12(17)9-15(13)19/h4-9,19H,1-3H3. The number of carbonyl (C=O) groups is 1. The predicted molar refractivity (Wildman–Crippen MR) is 81.8 cm³/mol. The average molecular weight is 290 g/mol. The lowest BCUT2D eigenvalue weighted by Gasteiger charge is -2.20. The lowest BCUT2D eigenvalue weighted by molar-refractivity contribution is 0.0990. The van der Waals surface area contributed by atoms with Crippen LogP contribution in [0.5, 0.6) is 5.75 Å². The van der Waals surface area contributed by atoms with Gasteiger partial charge in [-0.1, -0.05) is 29.3 Å². The van der Waals surface area contributed by atoms with Gasteiger partial charge in [0, 0.05) is 17.8 Å². The number of halogens is 1. The van der Waals surface area contributed by atoms with E-state index < -0.39 is 0 Å². The molecule has 2 rings (SSSR count). The minimum atomic E-state index is -0.272. The van der Waals surface area contributed by atoms with E-state index in [1.165, 1.54) is 17.0 Å². The third kappa shape index (κ3) is 2.78. The summed E-state index contributed by atoms with van der Waals surface area (Å²) < 4.78 is 0. The van der Waals surface area contributed by atoms with E-state index in [2.05, 4.69) is 0 Å². The second kappa shape index (κ2) is 5.55. The largest absolute Gasteiger partial charge is 0.507 e. The van der Waals surface area contributed by atoms with Gasteiger partial charge in [0.1, 0.15) is 5.75 Å². The summed E-state index contributed by atoms with van der Waals surface area (Å²) in [6.07, 6.45) is 0. The van der Waals surface area contributed by atoms with Crippen molar-refractivity contribution in [2.75, 3.05) is 11.9 Å². The number of phenolic OH excluding ortho intramolecular Hbond substituents is 1. The van der Waals surface area contributed by atoms with Gasteiger partial charge in [-0.2, -0.15) is 0 Å². The van der Waals surface area contributed by atoms with E-state index in [0.29, 0.717) is 5.02 Å². The zero-order chi connectivity index (χ0) is 14.9. The minimum absolute atomic E-state index is 0.112. The van der Waals surface area contributed by atoms with E-state index in [0.717, 1.165) is 16.8 Å². The molecule has 2 aromatic rings. The summed E-state index contributed by atoms with van der Waals surface area (Å²) >= 11 is 5.78. The Kier molecular flexibility index (Phi) is 4.00. The molecule has 4 heteroatoms. The highest BCUT2D eigenvalue weighted by atomic mass is 35.5. The Hall–Kier alpha value is -2.00. The zero-order valence-corrected chi connectivity index (χ0v) is 12.4. The first-order valence-corrected chi connectivity index (χ1v) is 6.62. The fourth-order valence-electron chi connectivity index (χ4n) is 2.16. The Bertz CT molecular complexity index is 668. The molecule has 1 amide bonds. The smallest absolute Gasteiger partial charge is 0.261 e. The molecule has 0 fully saturated rings. The van der Waals surface area contributed by atoms with Crippen LogP contribution in [0, 0.1) is 13.8 Å². The highest BCUT2D eigenvalue weighted by Crippen LogP contribution is 2.26. The maximum atomic E-state index is 12.4. The molecule has 2 aromatic carbocycles. The van der Waals surface area contributed by atoms with Crippen molar-refractivity contribution in [2.24, 2.45) is 0 Å². The quantitative estimate of drug-likeness (QED) is 0.910. The van der Waals surface area contributed by atoms with Gasteiger partial charge in [-0.25, -0.2) is 0 Å². The van der Waals surface area contributed by atoms with Crippen molar-refractivity contribution >= 4 is 23.2 Å². The van der Waals surface area contributed by atoms with E-state index in [4.69, 9.17) is 11.6 Å². The van der Waals surface area contributed by atoms with Gasteiger partial charge in [0.15, 0.2) is 0 Å². The molecule has 0 spiro atoms. The Balaban J connectivity index is 2.37. The normalized spacial score (nSPS) is 10.4. The van der Waals surface area contributed by atoms with Gasteiger partial charge >= 0.3 is 0 Å². The van der Waals surface area contributed by atoms with Crippen LogP contribution < -0.4 is 4.90 Å². The maximum absolute atomic E-state index is 12.4. The number of amides is 1. The van der Waals surface area contributed by atoms with E-state index in [1.807, 2.05) is 32.0 Å². The van der Waals surface area contributed by atoms with Crippen molar-refractivity contribution in [2.45, 2.75) is 13.8 Å². The second-order valence-electron chi connectivity index (χ2n) is 4.82. The van der Waals surface area contributed by atoms with Crippen LogP contribution in [-0.4, -0.2) is 18.1 Å². The molecule has 0 bridgehead atoms. The number of rotatable bonds is 2. The third-order valence-electron chi connectivity index (χ3n) is 3.21. The highest BCUT2D eigenvalue weighted by Gasteiger charge is 2.18. The molecule has 0 radical (unpaired) electrons. The molecule has 0 saturated carbocycles. The molecular weight excluding hydrogens is 274 g/mol. The lowest BCUT2D eigenvalue weighted by atomic mass is 10.1. The topological polar surface area (TPSA) is 40.5 Å². The number of carbonyl (C=O) groups excluding carboxylic acids is 1. The van der Waals surface area contributed by atoms with Crippen LogP contribution in [0.15, 0.2) is 36.4 Å². The molecule has 0 aliphatic rings. The molecule has 1 N–H and O–H groups in total. The van der Waals surface area contributed by atoms with Gasteiger partial charge in [0.25, 0.3) is 5.91 Å². The highest BCUT2D eigenvalue weighted by molar-refractivity contribution is 6.31. The Morgan fingerprint density at radius 1 is 1.15 bits per heavy atom. The number of hydrogen-bond donors (Lipinski definition) is 1. The summed E-state index contributed by atoms with van der Waals surface area (Å²) in [4.78, 5) is 14.0. The summed E-state index contributed by atoms with van der Waals surface area (Å²) in [6, 6.07) is 10.3. The monoisotopic (exact) mass is 289 g/mol. The van der Waals surface area contributed by atoms with E-state index in [9.17, 15) is 9.90 Å². The zero-order valence-electron chi connectivity index (χ0n) is 11.6. The van der Waals surface area contributed by atoms with Crippen LogP contribution in [-0.2, 0) is 0 Å². The Labute approximate surface area is 123 Å². The summed E-state index contributed by atoms with van der Waals surface area (Å²) in [5.74, 6) is -0.384. The van der Waals surface area contributed by atoms with Crippen molar-refractivity contribution in [3.8, 4) is 5.75 Å². The first-order valence-electron chi connectivity index (χ1n) is 6.24. The van der Waals surface area contributed by atoms with Crippen molar-refractivity contribution in [3.05, 3.63) is 58.1 Å². The van der Waals surface area contributed by atoms with Gasteiger partial charge in [-0.05, 0) is 43.7 Å². The van der Waals surface area contributed by atoms with E-state index in [-0.39, 0.29) is 17.2 Å². The fourth-order valence-corrected chi connectivity index (χ4v) is 2.32. The van der Waals surface area contributed by atoms with Crippen LogP contribution in [0.4, 0.5) is 5.69 Å². The first-order chi connectivity index (χ1) is 9.40. The van der Waals surface area contributed by atoms with Gasteiger partial charge < -0.3 is 10.0 Å². The first kappa shape index (κ1) is 14.4. The fraction of sp³-hybridized carbons (Fsp3) is 0.188. The molecule has 0 heterocycles. The number of nitrogens with zero attached hydrogens (tertiary/aromatic N) is 1. The van der Waals surface area contributed by atoms with Crippen LogP contribution >= 0.6 is 11.6 Å². The number of phenols is 1. The van der Waals surface area contributed by atoms with Gasteiger partial charge in [0.2, 0.25) is 0 Å². The molecule has 0 atom stereocenters. The minimum Gasteiger partial charge on any atom is -0.507 e. The van der Waals surface area contributed by atoms with E-state index in [1.54, 1.807) is 13.1 Å². The van der Waals surface area contributed by atoms with Crippen LogP contribution in [0.1, 0.15) is 21.5 Å². The second-order valence-corrected chi connectivity index (χ2v) is 5.25. The van der Waals surface area contributed by atoms with Crippen molar-refractivity contribution in [1.29, 1.82) is 0 Å². The van der Waals surface area contributed by atoms with Crippen LogP contribution in [0.3, 0.4) is 0 Å². The third-order valence-corrected chi connectivity index (χ3v) is 3.44. The molecule has 0 saturated heterocycles. The average Bonchev–Trinajstić information content (AvgIpc) is 2.37. The van der Waals surface area contributed by atoms with Gasteiger partial charge in [0.05, 0.1) is 5.56 Å². The molecule has 3 nitrogen and oxygen atoms in total. The summed E-state index contributed by atoms with van der Waals surface area (Å²) in [5, 5.41) is 10.2. The Morgan fingerprint density at radius 3 is 2.45 bits per heavy atom. The number of aromatic hydroxyl groups is 1. The van der Waals surface area contributed by atoms with Gasteiger partial charge in [-0.15, -0.1) is 0 Å². The molecule has 0 unspecified atom stereocenters. The number of anilines is 1. The summed E-state index contributed by atoms with van der Waals surface area (Å²) in [7, 11) is 1.69. The van der Waals surface area contributed by atoms with Crippen molar-refractivity contribution in [3.63, 3.8) is 0 Å². The summed E-state index contributed by atoms with van der Waals surface area (Å²) in [6.45, 7) is 3.96. The number of aryl methyl sites for hydroxylation is 2. The van der Waals surface area contributed by atoms with Crippen LogP contribution in [0.25, 0.3) is 0 Å². The Morgan fingerprint density at radius 2 is 1.85 bits per heavy atom. The molecule has 104 valence electrons. The molecule has 0 aliphatic carbocycles. The molecular formula is C16H16ClNO2. The van der Waals surface area contributed by atoms with Crippen LogP contribution in [0.2, 0.25) is 5.02 Å². The number of benzene rings is 2. The SMILES string of the molecule is Cc1ccc(N(C)C(=O)c2ccc(Cl)cc2O)c(C)c1. The number of hydrogen-bond acceptors (Lipinski definition) is 2. The molecule has 0 aromatic heterocycles. The summed E-state index contributed by atoms with van der Waals surface area (Å²) in [5.41, 5.74) is 3.20. The lowest BCUT2D eigenvalue weighted by Crippen LogP contribution is -2.27. The molecule has 0 aliphatic heterocycles. The van der Waals surface area contributed by atoms with Crippen molar-refractivity contribution in [1.82, 2.24) is 0 Å².